The summed E-state index contributed by atoms with van der Waals surface area (Å²) in [7, 11) is 0. The number of esters is 1. The molecule has 3 nitrogen and oxygen atoms in total. The molecule has 1 saturated carbocycles. The molecule has 0 bridgehead atoms. The van der Waals surface area contributed by atoms with Crippen LogP contribution in [0.15, 0.2) is 0 Å². The lowest BCUT2D eigenvalue weighted by Crippen LogP contribution is -2.25. The fraction of sp³-hybridized carbons (Fsp3) is 0.889. The third kappa shape index (κ3) is 1.97. The molecule has 3 atom stereocenters. The zero-order chi connectivity index (χ0) is 8.55. The van der Waals surface area contributed by atoms with E-state index >= 15 is 0 Å². The second-order valence-corrected chi connectivity index (χ2v) is 3.56. The van der Waals surface area contributed by atoms with Gasteiger partial charge in [-0.25, -0.2) is 0 Å². The van der Waals surface area contributed by atoms with Crippen LogP contribution in [-0.2, 0) is 9.53 Å². The minimum Gasteiger partial charge on any atom is -0.466 e. The molecule has 0 radical (unpaired) electrons. The number of carbonyl (C=O) groups excluding carboxylic acids is 1. The van der Waals surface area contributed by atoms with Gasteiger partial charge in [0, 0.05) is 6.04 Å². The molecule has 2 aliphatic rings. The summed E-state index contributed by atoms with van der Waals surface area (Å²) in [4.78, 5) is 11.3. The van der Waals surface area contributed by atoms with Crippen LogP contribution in [0.2, 0.25) is 0 Å². The van der Waals surface area contributed by atoms with E-state index in [1.165, 1.54) is 12.8 Å². The maximum absolute atomic E-state index is 11.3. The van der Waals surface area contributed by atoms with Crippen molar-refractivity contribution in [3.05, 3.63) is 0 Å². The predicted molar refractivity (Wildman–Crippen MR) is 51.9 cm³/mol. The van der Waals surface area contributed by atoms with Crippen LogP contribution in [0, 0.1) is 11.8 Å². The summed E-state index contributed by atoms with van der Waals surface area (Å²) >= 11 is 0. The lowest BCUT2D eigenvalue weighted by Gasteiger charge is -2.07. The number of hydrogen-bond donors (Lipinski definition) is 1. The maximum atomic E-state index is 11.3. The summed E-state index contributed by atoms with van der Waals surface area (Å²) < 4.78 is 4.98. The minimum atomic E-state index is 0. The highest BCUT2D eigenvalue weighted by molar-refractivity contribution is 5.85. The molecule has 1 saturated heterocycles. The van der Waals surface area contributed by atoms with Crippen LogP contribution in [0.5, 0.6) is 0 Å². The second-order valence-electron chi connectivity index (χ2n) is 3.56. The fourth-order valence-electron chi connectivity index (χ4n) is 2.18. The van der Waals surface area contributed by atoms with Gasteiger partial charge in [-0.1, -0.05) is 0 Å². The van der Waals surface area contributed by atoms with Crippen molar-refractivity contribution in [2.45, 2.75) is 25.8 Å². The summed E-state index contributed by atoms with van der Waals surface area (Å²) in [6, 6.07) is 0.442. The van der Waals surface area contributed by atoms with Gasteiger partial charge in [0.1, 0.15) is 0 Å². The highest BCUT2D eigenvalue weighted by Crippen LogP contribution is 2.45. The van der Waals surface area contributed by atoms with E-state index in [4.69, 9.17) is 4.74 Å². The van der Waals surface area contributed by atoms with Crippen LogP contribution in [-0.4, -0.2) is 25.2 Å². The Hall–Kier alpha value is -0.280. The van der Waals surface area contributed by atoms with Crippen molar-refractivity contribution in [2.75, 3.05) is 13.2 Å². The molecule has 76 valence electrons. The molecule has 1 heterocycles. The van der Waals surface area contributed by atoms with Crippen molar-refractivity contribution in [1.82, 2.24) is 5.32 Å². The molecule has 2 fully saturated rings. The Labute approximate surface area is 84.6 Å². The third-order valence-corrected chi connectivity index (χ3v) is 2.82. The normalized spacial score (nSPS) is 35.6. The van der Waals surface area contributed by atoms with Crippen LogP contribution in [0.3, 0.4) is 0 Å². The van der Waals surface area contributed by atoms with Gasteiger partial charge in [0.05, 0.1) is 12.5 Å². The first-order chi connectivity index (χ1) is 5.84. The van der Waals surface area contributed by atoms with E-state index in [9.17, 15) is 4.79 Å². The predicted octanol–water partition coefficient (Wildman–Crippen LogP) is 0.969. The number of hydrogen-bond acceptors (Lipinski definition) is 3. The summed E-state index contributed by atoms with van der Waals surface area (Å²) in [5, 5.41) is 3.34. The van der Waals surface area contributed by atoms with E-state index in [-0.39, 0.29) is 24.3 Å². The van der Waals surface area contributed by atoms with E-state index < -0.39 is 0 Å². The molecule has 0 aromatic rings. The van der Waals surface area contributed by atoms with E-state index in [2.05, 4.69) is 5.32 Å². The Morgan fingerprint density at radius 1 is 1.62 bits per heavy atom. The molecule has 13 heavy (non-hydrogen) atoms. The van der Waals surface area contributed by atoms with Crippen LogP contribution in [0.25, 0.3) is 0 Å². The zero-order valence-electron chi connectivity index (χ0n) is 7.79. The van der Waals surface area contributed by atoms with Gasteiger partial charge in [-0.05, 0) is 32.2 Å². The topological polar surface area (TPSA) is 38.3 Å². The van der Waals surface area contributed by atoms with E-state index in [1.807, 2.05) is 6.92 Å². The van der Waals surface area contributed by atoms with E-state index in [0.29, 0.717) is 18.6 Å². The number of halogens is 1. The Morgan fingerprint density at radius 3 is 2.92 bits per heavy atom. The smallest absolute Gasteiger partial charge is 0.310 e. The molecule has 0 aromatic carbocycles. The van der Waals surface area contributed by atoms with Crippen molar-refractivity contribution in [3.8, 4) is 0 Å². The molecular weight excluding hydrogens is 190 g/mol. The number of fused-ring (bicyclic) bond motifs is 1. The second kappa shape index (κ2) is 4.29. The number of ether oxygens (including phenoxy) is 1. The summed E-state index contributed by atoms with van der Waals surface area (Å²) in [6.45, 7) is 3.43. The molecule has 1 aliphatic carbocycles. The van der Waals surface area contributed by atoms with Crippen molar-refractivity contribution >= 4 is 18.4 Å². The van der Waals surface area contributed by atoms with Gasteiger partial charge in [-0.3, -0.25) is 4.79 Å². The highest BCUT2D eigenvalue weighted by Gasteiger charge is 2.56. The van der Waals surface area contributed by atoms with Crippen LogP contribution in [0.1, 0.15) is 19.8 Å². The van der Waals surface area contributed by atoms with Crippen molar-refractivity contribution in [2.24, 2.45) is 11.8 Å². The SMILES string of the molecule is CCOC(=O)C1C2CCCNC21.Cl. The average molecular weight is 206 g/mol. The highest BCUT2D eigenvalue weighted by atomic mass is 35.5. The molecule has 1 N–H and O–H groups in total. The van der Waals surface area contributed by atoms with Gasteiger partial charge in [-0.15, -0.1) is 12.4 Å². The number of carbonyl (C=O) groups is 1. The Morgan fingerprint density at radius 2 is 2.38 bits per heavy atom. The largest absolute Gasteiger partial charge is 0.466 e. The summed E-state index contributed by atoms with van der Waals surface area (Å²) in [6.07, 6.45) is 2.40. The van der Waals surface area contributed by atoms with E-state index in [1.54, 1.807) is 0 Å². The minimum absolute atomic E-state index is 0. The van der Waals surface area contributed by atoms with Crippen molar-refractivity contribution in [1.29, 1.82) is 0 Å². The van der Waals surface area contributed by atoms with Gasteiger partial charge in [0.2, 0.25) is 0 Å². The average Bonchev–Trinajstić information content (AvgIpc) is 2.78. The molecular formula is C9H16ClNO2. The number of piperidine rings is 1. The lowest BCUT2D eigenvalue weighted by atomic mass is 10.1. The Bertz CT molecular complexity index is 186. The molecule has 3 unspecified atom stereocenters. The first-order valence-electron chi connectivity index (χ1n) is 4.74. The Kier molecular flexibility index (Phi) is 3.56. The monoisotopic (exact) mass is 205 g/mol. The van der Waals surface area contributed by atoms with Gasteiger partial charge in [0.15, 0.2) is 0 Å². The number of rotatable bonds is 2. The fourth-order valence-corrected chi connectivity index (χ4v) is 2.18. The molecule has 0 amide bonds. The standard InChI is InChI=1S/C9H15NO2.ClH/c1-2-12-9(11)7-6-4-3-5-10-8(6)7;/h6-8,10H,2-5H2,1H3;1H. The van der Waals surface area contributed by atoms with Crippen molar-refractivity contribution < 1.29 is 9.53 Å². The van der Waals surface area contributed by atoms with Crippen LogP contribution < -0.4 is 5.32 Å². The first kappa shape index (κ1) is 10.8. The maximum Gasteiger partial charge on any atom is 0.310 e. The first-order valence-corrected chi connectivity index (χ1v) is 4.74. The molecule has 4 heteroatoms. The van der Waals surface area contributed by atoms with Gasteiger partial charge >= 0.3 is 5.97 Å². The number of nitrogens with one attached hydrogen (secondary N) is 1. The molecule has 2 rings (SSSR count). The molecule has 1 aliphatic heterocycles. The van der Waals surface area contributed by atoms with Gasteiger partial charge in [-0.2, -0.15) is 0 Å². The van der Waals surface area contributed by atoms with Crippen LogP contribution in [0.4, 0.5) is 0 Å². The van der Waals surface area contributed by atoms with Crippen molar-refractivity contribution in [3.63, 3.8) is 0 Å². The van der Waals surface area contributed by atoms with Gasteiger partial charge in [0.25, 0.3) is 0 Å². The van der Waals surface area contributed by atoms with E-state index in [0.717, 1.165) is 6.54 Å². The Balaban J connectivity index is 0.000000845. The molecule has 0 spiro atoms. The van der Waals surface area contributed by atoms with Gasteiger partial charge < -0.3 is 10.1 Å². The third-order valence-electron chi connectivity index (χ3n) is 2.82. The zero-order valence-corrected chi connectivity index (χ0v) is 8.60. The summed E-state index contributed by atoms with van der Waals surface area (Å²) in [5.41, 5.74) is 0. The lowest BCUT2D eigenvalue weighted by molar-refractivity contribution is -0.145. The quantitative estimate of drug-likeness (QED) is 0.683. The summed E-state index contributed by atoms with van der Waals surface area (Å²) in [5.74, 6) is 0.757. The molecule has 0 aromatic heterocycles. The van der Waals surface area contributed by atoms with Crippen LogP contribution >= 0.6 is 12.4 Å².